The van der Waals surface area contributed by atoms with Crippen LogP contribution in [-0.4, -0.2) is 64.3 Å². The third-order valence-corrected chi connectivity index (χ3v) is 0. The van der Waals surface area contributed by atoms with Crippen LogP contribution in [-0.2, 0) is 65.0 Å². The van der Waals surface area contributed by atoms with E-state index in [1.165, 1.54) is 0 Å². The molecule has 0 atom stereocenters. The summed E-state index contributed by atoms with van der Waals surface area (Å²) in [5.41, 5.74) is 0. The summed E-state index contributed by atoms with van der Waals surface area (Å²) in [5, 5.41) is 0. The minimum atomic E-state index is 0. The van der Waals surface area contributed by atoms with E-state index in [2.05, 4.69) is 0 Å². The van der Waals surface area contributed by atoms with Crippen molar-refractivity contribution in [2.75, 3.05) is 0 Å². The van der Waals surface area contributed by atoms with Gasteiger partial charge in [0.05, 0.1) is 0 Å². The summed E-state index contributed by atoms with van der Waals surface area (Å²) in [5.74, 6) is 0. The van der Waals surface area contributed by atoms with Crippen LogP contribution in [0.25, 0.3) is 0 Å². The van der Waals surface area contributed by atoms with Crippen LogP contribution < -0.4 is 0 Å². The molecule has 0 aliphatic carbocycles. The molecule has 0 aliphatic rings. The summed E-state index contributed by atoms with van der Waals surface area (Å²) in [4.78, 5) is 0. The first kappa shape index (κ1) is 48.8. The standard InChI is InChI=1S/Al.Cu.Mg.Sn.Ti.Zr. The zero-order chi connectivity index (χ0) is 0. The van der Waals surface area contributed by atoms with Gasteiger partial charge in [0, 0.05) is 129 Å². The Labute approximate surface area is 126 Å². The van der Waals surface area contributed by atoms with Crippen LogP contribution in [0.4, 0.5) is 0 Å². The molecule has 0 nitrogen and oxygen atoms in total. The summed E-state index contributed by atoms with van der Waals surface area (Å²) in [6.07, 6.45) is 0. The first-order chi connectivity index (χ1) is 0. The van der Waals surface area contributed by atoms with E-state index in [4.69, 9.17) is 0 Å². The summed E-state index contributed by atoms with van der Waals surface area (Å²) in [6, 6.07) is 0. The van der Waals surface area contributed by atoms with E-state index in [1.807, 2.05) is 0 Å². The van der Waals surface area contributed by atoms with E-state index >= 15 is 0 Å². The van der Waals surface area contributed by atoms with Gasteiger partial charge in [-0.05, 0) is 0 Å². The Morgan fingerprint density at radius 2 is 1.00 bits per heavy atom. The summed E-state index contributed by atoms with van der Waals surface area (Å²) in [7, 11) is 0. The minimum Gasteiger partial charge on any atom is 0 e. The number of hydrogen-bond donors (Lipinski definition) is 0. The Hall–Kier alpha value is 4.21. The molecule has 0 saturated carbocycles. The maximum absolute atomic E-state index is 0. The molecule has 6 heavy (non-hydrogen) atoms. The molecule has 0 spiro atoms. The molecule has 0 unspecified atom stereocenters. The van der Waals surface area contributed by atoms with E-state index in [1.54, 1.807) is 0 Å². The molecule has 0 N–H and O–H groups in total. The Balaban J connectivity index is 0. The average molecular weight is 373 g/mol. The summed E-state index contributed by atoms with van der Waals surface area (Å²) < 4.78 is 0. The molecule has 0 aromatic carbocycles. The van der Waals surface area contributed by atoms with E-state index in [0.717, 1.165) is 0 Å². The van der Waals surface area contributed by atoms with Gasteiger partial charge in [-0.1, -0.05) is 0 Å². The average Bonchev–Trinajstić information content (AvgIpc) is 0. The van der Waals surface area contributed by atoms with Gasteiger partial charge in [0.25, 0.3) is 0 Å². The number of rotatable bonds is 0. The van der Waals surface area contributed by atoms with Crippen molar-refractivity contribution in [2.24, 2.45) is 0 Å². The topological polar surface area (TPSA) is 0 Å². The molecule has 28 valence electrons. The second kappa shape index (κ2) is 35.0. The second-order valence-corrected chi connectivity index (χ2v) is 0. The predicted molar refractivity (Wildman–Crippen MR) is 17.3 cm³/mol. The van der Waals surface area contributed by atoms with Gasteiger partial charge in [0.15, 0.2) is 0 Å². The van der Waals surface area contributed by atoms with E-state index < -0.39 is 0 Å². The smallest absolute Gasteiger partial charge is 0 e. The predicted octanol–water partition coefficient (Wildman–Crippen LogP) is -1.15. The van der Waals surface area contributed by atoms with Crippen LogP contribution in [0, 0.1) is 0 Å². The van der Waals surface area contributed by atoms with Gasteiger partial charge in [-0.25, -0.2) is 0 Å². The SMILES string of the molecule is [Al].[Cu].[Mg].[Sn].[Ti].[Zr]. The normalized spacial score (nSPS) is 0. The molecule has 0 heterocycles. The van der Waals surface area contributed by atoms with Crippen molar-refractivity contribution >= 4 is 64.3 Å². The monoisotopic (exact) mass is 372 g/mol. The van der Waals surface area contributed by atoms with Crippen molar-refractivity contribution in [1.29, 1.82) is 0 Å². The molecule has 0 aromatic rings. The van der Waals surface area contributed by atoms with Crippen LogP contribution in [0.5, 0.6) is 0 Å². The summed E-state index contributed by atoms with van der Waals surface area (Å²) >= 11 is 0. The quantitative estimate of drug-likeness (QED) is 0.471. The van der Waals surface area contributed by atoms with Crippen molar-refractivity contribution in [3.63, 3.8) is 0 Å². The van der Waals surface area contributed by atoms with Gasteiger partial charge in [-0.15, -0.1) is 0 Å². The first-order valence-electron chi connectivity index (χ1n) is 0. The Bertz CT molecular complexity index is 15.5. The third-order valence-electron chi connectivity index (χ3n) is 0. The first-order valence-corrected chi connectivity index (χ1v) is 0. The zero-order valence-electron chi connectivity index (χ0n) is 3.09. The second-order valence-electron chi connectivity index (χ2n) is 0. The van der Waals surface area contributed by atoms with Gasteiger partial charge in [-0.2, -0.15) is 0 Å². The zero-order valence-corrected chi connectivity index (χ0v) is 13.5. The van der Waals surface area contributed by atoms with Crippen LogP contribution in [0.3, 0.4) is 0 Å². The summed E-state index contributed by atoms with van der Waals surface area (Å²) in [6.45, 7) is 0. The van der Waals surface area contributed by atoms with Gasteiger partial charge in [0.2, 0.25) is 0 Å². The van der Waals surface area contributed by atoms with Gasteiger partial charge >= 0.3 is 0 Å². The minimum absolute atomic E-state index is 0. The molecule has 0 rings (SSSR count). The molecular weight excluding hydrogens is 373 g/mol. The fourth-order valence-electron chi connectivity index (χ4n) is 0. The maximum Gasteiger partial charge on any atom is 0 e. The van der Waals surface area contributed by atoms with E-state index in [0.29, 0.717) is 0 Å². The fourth-order valence-corrected chi connectivity index (χ4v) is 0. The van der Waals surface area contributed by atoms with Crippen molar-refractivity contribution < 1.29 is 65.0 Å². The third kappa shape index (κ3) is 24.1. The molecule has 10 radical (unpaired) electrons. The van der Waals surface area contributed by atoms with Crippen LogP contribution in [0.15, 0.2) is 0 Å². The largest absolute Gasteiger partial charge is 0 e. The molecule has 0 aliphatic heterocycles. The maximum atomic E-state index is 0. The van der Waals surface area contributed by atoms with E-state index in [9.17, 15) is 0 Å². The van der Waals surface area contributed by atoms with Gasteiger partial charge in [-0.3, -0.25) is 0 Å². The van der Waals surface area contributed by atoms with Crippen molar-refractivity contribution in [2.45, 2.75) is 0 Å². The molecule has 0 saturated heterocycles. The Morgan fingerprint density at radius 1 is 1.00 bits per heavy atom. The van der Waals surface area contributed by atoms with Crippen LogP contribution in [0.1, 0.15) is 0 Å². The fraction of sp³-hybridized carbons (Fsp3) is 0. The van der Waals surface area contributed by atoms with Crippen molar-refractivity contribution in [3.8, 4) is 0 Å². The van der Waals surface area contributed by atoms with Crippen molar-refractivity contribution in [1.82, 2.24) is 0 Å². The molecular formula is AlCuMgSnTiZr. The van der Waals surface area contributed by atoms with Crippen LogP contribution in [0.2, 0.25) is 0 Å². The molecule has 0 amide bonds. The molecule has 6 heteroatoms. The molecule has 0 aromatic heterocycles. The van der Waals surface area contributed by atoms with E-state index in [-0.39, 0.29) is 129 Å². The van der Waals surface area contributed by atoms with Gasteiger partial charge in [0.1, 0.15) is 0 Å². The van der Waals surface area contributed by atoms with Gasteiger partial charge < -0.3 is 0 Å². The molecule has 0 bridgehead atoms. The molecule has 0 fully saturated rings. The number of hydrogen-bond acceptors (Lipinski definition) is 0. The van der Waals surface area contributed by atoms with Crippen molar-refractivity contribution in [3.05, 3.63) is 0 Å². The Kier molecular flexibility index (Phi) is 285. The Morgan fingerprint density at radius 3 is 1.00 bits per heavy atom. The van der Waals surface area contributed by atoms with Crippen LogP contribution >= 0.6 is 0 Å².